The smallest absolute Gasteiger partial charge is 0.0576 e. The Bertz CT molecular complexity index is 106. The van der Waals surface area contributed by atoms with Crippen LogP contribution in [0.15, 0.2) is 0 Å². The molecular formula is C8H13N. The van der Waals surface area contributed by atoms with Crippen LogP contribution < -0.4 is 5.32 Å². The zero-order chi connectivity index (χ0) is 6.36. The van der Waals surface area contributed by atoms with Crippen LogP contribution in [0.5, 0.6) is 0 Å². The lowest BCUT2D eigenvalue weighted by Crippen LogP contribution is -2.14. The molecule has 1 aliphatic rings. The molecule has 0 aromatic rings. The van der Waals surface area contributed by atoms with Crippen molar-refractivity contribution >= 4 is 0 Å². The van der Waals surface area contributed by atoms with Crippen LogP contribution in [0.3, 0.4) is 0 Å². The van der Waals surface area contributed by atoms with E-state index in [0.29, 0.717) is 0 Å². The van der Waals surface area contributed by atoms with E-state index in [9.17, 15) is 0 Å². The molecule has 0 saturated carbocycles. The third-order valence-electron chi connectivity index (χ3n) is 1.49. The third-order valence-corrected chi connectivity index (χ3v) is 1.49. The van der Waals surface area contributed by atoms with Crippen LogP contribution in [0.4, 0.5) is 0 Å². The Kier molecular flexibility index (Phi) is 3.25. The van der Waals surface area contributed by atoms with Gasteiger partial charge >= 0.3 is 0 Å². The van der Waals surface area contributed by atoms with Crippen LogP contribution in [0.1, 0.15) is 25.7 Å². The summed E-state index contributed by atoms with van der Waals surface area (Å²) in [6.07, 6.45) is 5.03. The van der Waals surface area contributed by atoms with Crippen molar-refractivity contribution in [2.24, 2.45) is 0 Å². The van der Waals surface area contributed by atoms with Crippen molar-refractivity contribution in [3.8, 4) is 11.8 Å². The van der Waals surface area contributed by atoms with E-state index >= 15 is 0 Å². The molecule has 0 atom stereocenters. The van der Waals surface area contributed by atoms with Gasteiger partial charge in [0.25, 0.3) is 0 Å². The molecule has 0 fully saturated rings. The first kappa shape index (κ1) is 6.64. The standard InChI is InChI=1S/C8H13N/c1-2-4-6-8-9-7-5-3-1/h9H,1-3,5,7-8H2. The molecular weight excluding hydrogens is 110 g/mol. The highest BCUT2D eigenvalue weighted by atomic mass is 14.8. The monoisotopic (exact) mass is 123 g/mol. The summed E-state index contributed by atoms with van der Waals surface area (Å²) in [5.41, 5.74) is 0. The topological polar surface area (TPSA) is 12.0 Å². The summed E-state index contributed by atoms with van der Waals surface area (Å²) in [4.78, 5) is 0. The molecule has 0 amide bonds. The molecule has 9 heavy (non-hydrogen) atoms. The summed E-state index contributed by atoms with van der Waals surface area (Å²) in [7, 11) is 0. The van der Waals surface area contributed by atoms with Crippen molar-refractivity contribution in [1.82, 2.24) is 5.32 Å². The molecule has 1 heterocycles. The van der Waals surface area contributed by atoms with Crippen molar-refractivity contribution in [3.63, 3.8) is 0 Å². The summed E-state index contributed by atoms with van der Waals surface area (Å²) in [6, 6.07) is 0. The minimum atomic E-state index is 0.889. The predicted molar refractivity (Wildman–Crippen MR) is 39.1 cm³/mol. The second-order valence-electron chi connectivity index (χ2n) is 2.34. The molecule has 1 N–H and O–H groups in total. The fraction of sp³-hybridized carbons (Fsp3) is 0.750. The Morgan fingerprint density at radius 3 is 3.00 bits per heavy atom. The molecule has 0 bridgehead atoms. The molecule has 0 radical (unpaired) electrons. The van der Waals surface area contributed by atoms with Gasteiger partial charge in [0.2, 0.25) is 0 Å². The van der Waals surface area contributed by atoms with Crippen LogP contribution in [-0.2, 0) is 0 Å². The van der Waals surface area contributed by atoms with Gasteiger partial charge in [0, 0.05) is 6.42 Å². The maximum atomic E-state index is 3.25. The van der Waals surface area contributed by atoms with E-state index in [4.69, 9.17) is 0 Å². The molecule has 0 aromatic carbocycles. The first-order chi connectivity index (χ1) is 4.50. The lowest BCUT2D eigenvalue weighted by Gasteiger charge is -1.96. The average molecular weight is 123 g/mol. The zero-order valence-corrected chi connectivity index (χ0v) is 5.74. The van der Waals surface area contributed by atoms with Gasteiger partial charge in [-0.3, -0.25) is 0 Å². The fourth-order valence-electron chi connectivity index (χ4n) is 0.942. The van der Waals surface area contributed by atoms with Crippen molar-refractivity contribution in [3.05, 3.63) is 0 Å². The van der Waals surface area contributed by atoms with Gasteiger partial charge in [-0.25, -0.2) is 0 Å². The summed E-state index contributed by atoms with van der Waals surface area (Å²) >= 11 is 0. The lowest BCUT2D eigenvalue weighted by atomic mass is 10.2. The first-order valence-electron chi connectivity index (χ1n) is 3.66. The number of rotatable bonds is 0. The minimum absolute atomic E-state index is 0.889. The van der Waals surface area contributed by atoms with Crippen molar-refractivity contribution < 1.29 is 0 Å². The van der Waals surface area contributed by atoms with Crippen molar-refractivity contribution in [1.29, 1.82) is 0 Å². The average Bonchev–Trinajstić information content (AvgIpc) is 2.00. The lowest BCUT2D eigenvalue weighted by molar-refractivity contribution is 0.643. The van der Waals surface area contributed by atoms with Gasteiger partial charge in [-0.15, -0.1) is 5.92 Å². The third kappa shape index (κ3) is 3.16. The first-order valence-corrected chi connectivity index (χ1v) is 3.66. The maximum absolute atomic E-state index is 3.25. The highest BCUT2D eigenvalue weighted by Crippen LogP contribution is 1.97. The summed E-state index contributed by atoms with van der Waals surface area (Å²) in [6.45, 7) is 2.04. The summed E-state index contributed by atoms with van der Waals surface area (Å²) < 4.78 is 0. The molecule has 1 rings (SSSR count). The Hall–Kier alpha value is -0.480. The normalized spacial score (nSPS) is 20.4. The molecule has 0 aliphatic carbocycles. The van der Waals surface area contributed by atoms with Crippen molar-refractivity contribution in [2.45, 2.75) is 25.7 Å². The Morgan fingerprint density at radius 1 is 1.00 bits per heavy atom. The SMILES string of the molecule is C1#CCNCCCCC1. The van der Waals surface area contributed by atoms with Gasteiger partial charge < -0.3 is 5.32 Å². The molecule has 1 aliphatic heterocycles. The molecule has 1 heteroatoms. The van der Waals surface area contributed by atoms with E-state index in [0.717, 1.165) is 19.5 Å². The van der Waals surface area contributed by atoms with Gasteiger partial charge in [0.15, 0.2) is 0 Å². The van der Waals surface area contributed by atoms with Crippen LogP contribution >= 0.6 is 0 Å². The Labute approximate surface area is 56.8 Å². The van der Waals surface area contributed by atoms with Crippen LogP contribution in [0, 0.1) is 11.8 Å². The van der Waals surface area contributed by atoms with E-state index in [-0.39, 0.29) is 0 Å². The van der Waals surface area contributed by atoms with E-state index in [1.165, 1.54) is 19.3 Å². The van der Waals surface area contributed by atoms with E-state index in [1.807, 2.05) is 0 Å². The molecule has 0 aromatic heterocycles. The van der Waals surface area contributed by atoms with E-state index in [1.54, 1.807) is 0 Å². The highest BCUT2D eigenvalue weighted by Gasteiger charge is 1.88. The number of nitrogens with one attached hydrogen (secondary N) is 1. The van der Waals surface area contributed by atoms with Crippen LogP contribution in [0.25, 0.3) is 0 Å². The van der Waals surface area contributed by atoms with Gasteiger partial charge in [-0.2, -0.15) is 0 Å². The molecule has 50 valence electrons. The largest absolute Gasteiger partial charge is 0.306 e. The van der Waals surface area contributed by atoms with E-state index in [2.05, 4.69) is 17.2 Å². The Balaban J connectivity index is 2.19. The number of hydrogen-bond donors (Lipinski definition) is 1. The molecule has 0 unspecified atom stereocenters. The van der Waals surface area contributed by atoms with Crippen molar-refractivity contribution in [2.75, 3.05) is 13.1 Å². The zero-order valence-electron chi connectivity index (χ0n) is 5.74. The van der Waals surface area contributed by atoms with Gasteiger partial charge in [-0.1, -0.05) is 12.3 Å². The molecule has 0 spiro atoms. The highest BCUT2D eigenvalue weighted by molar-refractivity contribution is 5.00. The summed E-state index contributed by atoms with van der Waals surface area (Å²) in [5, 5.41) is 3.25. The Morgan fingerprint density at radius 2 is 2.00 bits per heavy atom. The second kappa shape index (κ2) is 4.40. The van der Waals surface area contributed by atoms with Crippen LogP contribution in [0.2, 0.25) is 0 Å². The number of hydrogen-bond acceptors (Lipinski definition) is 1. The molecule has 0 saturated heterocycles. The van der Waals surface area contributed by atoms with Gasteiger partial charge in [0.1, 0.15) is 0 Å². The van der Waals surface area contributed by atoms with Gasteiger partial charge in [0.05, 0.1) is 6.54 Å². The quantitative estimate of drug-likeness (QED) is 0.476. The molecule has 1 nitrogen and oxygen atoms in total. The minimum Gasteiger partial charge on any atom is -0.306 e. The fourth-order valence-corrected chi connectivity index (χ4v) is 0.942. The summed E-state index contributed by atoms with van der Waals surface area (Å²) in [5.74, 6) is 6.18. The van der Waals surface area contributed by atoms with Gasteiger partial charge in [-0.05, 0) is 19.4 Å². The van der Waals surface area contributed by atoms with E-state index < -0.39 is 0 Å². The second-order valence-corrected chi connectivity index (χ2v) is 2.34. The predicted octanol–water partition coefficient (Wildman–Crippen LogP) is 1.15. The maximum Gasteiger partial charge on any atom is 0.0576 e. The van der Waals surface area contributed by atoms with Crippen LogP contribution in [-0.4, -0.2) is 13.1 Å².